The summed E-state index contributed by atoms with van der Waals surface area (Å²) in [5, 5.41) is 4.65. The molecule has 15 heavy (non-hydrogen) atoms. The Morgan fingerprint density at radius 1 is 1.27 bits per heavy atom. The third-order valence-electron chi connectivity index (χ3n) is 1.74. The summed E-state index contributed by atoms with van der Waals surface area (Å²) in [5.41, 5.74) is 6.44. The zero-order chi connectivity index (χ0) is 11.3. The van der Waals surface area contributed by atoms with Gasteiger partial charge in [-0.2, -0.15) is 0 Å². The first-order valence-electron chi connectivity index (χ1n) is 4.58. The zero-order valence-corrected chi connectivity index (χ0v) is 8.41. The molecule has 1 aromatic rings. The highest BCUT2D eigenvalue weighted by Crippen LogP contribution is 2.04. The lowest BCUT2D eigenvalue weighted by Gasteiger charge is -2.04. The Morgan fingerprint density at radius 2 is 1.87 bits per heavy atom. The quantitative estimate of drug-likeness (QED) is 0.625. The summed E-state index contributed by atoms with van der Waals surface area (Å²) in [6.45, 7) is 2.24. The first-order valence-corrected chi connectivity index (χ1v) is 4.58. The Hall–Kier alpha value is -2.04. The van der Waals surface area contributed by atoms with Crippen LogP contribution in [-0.2, 0) is 0 Å². The molecule has 0 saturated carbocycles. The molecule has 0 aliphatic rings. The van der Waals surface area contributed by atoms with E-state index in [0.29, 0.717) is 17.8 Å². The molecular weight excluding hydrogens is 194 g/mol. The first kappa shape index (κ1) is 11.0. The maximum Gasteiger partial charge on any atom is 0.321 e. The summed E-state index contributed by atoms with van der Waals surface area (Å²) in [6, 6.07) is 5.83. The second kappa shape index (κ2) is 4.99. The van der Waals surface area contributed by atoms with Gasteiger partial charge in [0.25, 0.3) is 5.91 Å². The number of anilines is 1. The predicted molar refractivity (Wildman–Crippen MR) is 57.4 cm³/mol. The first-order chi connectivity index (χ1) is 7.13. The van der Waals surface area contributed by atoms with E-state index >= 15 is 0 Å². The normalized spacial score (nSPS) is 9.40. The Morgan fingerprint density at radius 3 is 2.40 bits per heavy atom. The second-order valence-corrected chi connectivity index (χ2v) is 2.94. The summed E-state index contributed by atoms with van der Waals surface area (Å²) in [6.07, 6.45) is 0. The monoisotopic (exact) mass is 207 g/mol. The Labute approximate surface area is 87.7 Å². The van der Waals surface area contributed by atoms with E-state index in [2.05, 4.69) is 10.6 Å². The van der Waals surface area contributed by atoms with E-state index in [1.54, 1.807) is 31.2 Å². The molecule has 0 heterocycles. The number of imide groups is 1. The van der Waals surface area contributed by atoms with E-state index in [4.69, 9.17) is 5.73 Å². The molecule has 4 N–H and O–H groups in total. The molecule has 5 heteroatoms. The Kier molecular flexibility index (Phi) is 3.68. The van der Waals surface area contributed by atoms with Crippen LogP contribution in [0, 0.1) is 0 Å². The molecule has 0 aliphatic heterocycles. The second-order valence-electron chi connectivity index (χ2n) is 2.94. The van der Waals surface area contributed by atoms with Crippen LogP contribution in [0.4, 0.5) is 10.5 Å². The molecule has 3 amide bonds. The van der Waals surface area contributed by atoms with Crippen LogP contribution in [0.15, 0.2) is 24.3 Å². The van der Waals surface area contributed by atoms with Crippen LogP contribution in [0.1, 0.15) is 17.3 Å². The van der Waals surface area contributed by atoms with Gasteiger partial charge in [0.15, 0.2) is 0 Å². The molecule has 0 atom stereocenters. The van der Waals surface area contributed by atoms with Gasteiger partial charge in [-0.15, -0.1) is 0 Å². The Bertz CT molecular complexity index is 359. The number of nitrogens with two attached hydrogens (primary N) is 1. The molecule has 0 unspecified atom stereocenters. The smallest absolute Gasteiger partial charge is 0.321 e. The van der Waals surface area contributed by atoms with Crippen molar-refractivity contribution in [2.75, 3.05) is 12.3 Å². The molecule has 0 aliphatic carbocycles. The summed E-state index contributed by atoms with van der Waals surface area (Å²) in [4.78, 5) is 22.5. The van der Waals surface area contributed by atoms with E-state index in [1.165, 1.54) is 0 Å². The van der Waals surface area contributed by atoms with Crippen molar-refractivity contribution < 1.29 is 9.59 Å². The molecule has 80 valence electrons. The van der Waals surface area contributed by atoms with Crippen LogP contribution in [-0.4, -0.2) is 18.5 Å². The van der Waals surface area contributed by atoms with E-state index in [9.17, 15) is 9.59 Å². The summed E-state index contributed by atoms with van der Waals surface area (Å²) in [5.74, 6) is -0.444. The number of amides is 3. The maximum atomic E-state index is 11.4. The number of carbonyl (C=O) groups is 2. The van der Waals surface area contributed by atoms with Crippen molar-refractivity contribution in [3.05, 3.63) is 29.8 Å². The number of hydrogen-bond donors (Lipinski definition) is 3. The third kappa shape index (κ3) is 3.30. The lowest BCUT2D eigenvalue weighted by atomic mass is 10.2. The zero-order valence-electron chi connectivity index (χ0n) is 8.41. The average molecular weight is 207 g/mol. The summed E-state index contributed by atoms with van der Waals surface area (Å²) < 4.78 is 0. The van der Waals surface area contributed by atoms with E-state index in [-0.39, 0.29) is 0 Å². The van der Waals surface area contributed by atoms with Gasteiger partial charge < -0.3 is 11.1 Å². The molecule has 0 bridgehead atoms. The lowest BCUT2D eigenvalue weighted by molar-refractivity contribution is 0.0964. The molecule has 1 rings (SSSR count). The van der Waals surface area contributed by atoms with Crippen molar-refractivity contribution in [2.24, 2.45) is 0 Å². The number of hydrogen-bond acceptors (Lipinski definition) is 3. The molecule has 0 radical (unpaired) electrons. The molecular formula is C10H13N3O2. The third-order valence-corrected chi connectivity index (χ3v) is 1.74. The topological polar surface area (TPSA) is 84.2 Å². The standard InChI is InChI=1S/C10H13N3O2/c1-2-12-10(15)13-9(14)7-3-5-8(11)6-4-7/h3-6H,2,11H2,1H3,(H2,12,13,14,15). The van der Waals surface area contributed by atoms with Gasteiger partial charge in [0, 0.05) is 17.8 Å². The fourth-order valence-electron chi connectivity index (χ4n) is 1.01. The highest BCUT2D eigenvalue weighted by Gasteiger charge is 2.08. The number of carbonyl (C=O) groups excluding carboxylic acids is 2. The molecule has 0 spiro atoms. The minimum Gasteiger partial charge on any atom is -0.399 e. The predicted octanol–water partition coefficient (Wildman–Crippen LogP) is 0.728. The van der Waals surface area contributed by atoms with Crippen LogP contribution >= 0.6 is 0 Å². The molecule has 5 nitrogen and oxygen atoms in total. The van der Waals surface area contributed by atoms with Crippen molar-refractivity contribution in [1.29, 1.82) is 0 Å². The van der Waals surface area contributed by atoms with Gasteiger partial charge in [-0.1, -0.05) is 0 Å². The molecule has 0 fully saturated rings. The number of nitrogens with one attached hydrogen (secondary N) is 2. The van der Waals surface area contributed by atoms with Crippen LogP contribution in [0.3, 0.4) is 0 Å². The number of rotatable bonds is 2. The summed E-state index contributed by atoms with van der Waals surface area (Å²) >= 11 is 0. The van der Waals surface area contributed by atoms with Crippen molar-refractivity contribution in [3.8, 4) is 0 Å². The van der Waals surface area contributed by atoms with Crippen LogP contribution in [0.2, 0.25) is 0 Å². The molecule has 0 aromatic heterocycles. The van der Waals surface area contributed by atoms with Crippen LogP contribution in [0.5, 0.6) is 0 Å². The average Bonchev–Trinajstić information content (AvgIpc) is 2.18. The molecule has 0 saturated heterocycles. The van der Waals surface area contributed by atoms with Gasteiger partial charge in [-0.3, -0.25) is 10.1 Å². The summed E-state index contributed by atoms with van der Waals surface area (Å²) in [7, 11) is 0. The van der Waals surface area contributed by atoms with Crippen LogP contribution in [0.25, 0.3) is 0 Å². The minimum atomic E-state index is -0.501. The molecule has 1 aromatic carbocycles. The van der Waals surface area contributed by atoms with Gasteiger partial charge in [0.2, 0.25) is 0 Å². The number of urea groups is 1. The highest BCUT2D eigenvalue weighted by molar-refractivity contribution is 6.04. The van der Waals surface area contributed by atoms with Gasteiger partial charge in [0.05, 0.1) is 0 Å². The lowest BCUT2D eigenvalue weighted by Crippen LogP contribution is -2.39. The van der Waals surface area contributed by atoms with E-state index in [1.807, 2.05) is 0 Å². The largest absolute Gasteiger partial charge is 0.399 e. The Balaban J connectivity index is 2.61. The maximum absolute atomic E-state index is 11.4. The van der Waals surface area contributed by atoms with Crippen molar-refractivity contribution in [3.63, 3.8) is 0 Å². The van der Waals surface area contributed by atoms with Gasteiger partial charge >= 0.3 is 6.03 Å². The van der Waals surface area contributed by atoms with Gasteiger partial charge in [0.1, 0.15) is 0 Å². The van der Waals surface area contributed by atoms with Crippen molar-refractivity contribution in [1.82, 2.24) is 10.6 Å². The fraction of sp³-hybridized carbons (Fsp3) is 0.200. The van der Waals surface area contributed by atoms with Crippen molar-refractivity contribution >= 4 is 17.6 Å². The van der Waals surface area contributed by atoms with Gasteiger partial charge in [-0.05, 0) is 31.2 Å². The van der Waals surface area contributed by atoms with Crippen molar-refractivity contribution in [2.45, 2.75) is 6.92 Å². The number of nitrogen functional groups attached to an aromatic ring is 1. The van der Waals surface area contributed by atoms with E-state index < -0.39 is 11.9 Å². The van der Waals surface area contributed by atoms with Crippen LogP contribution < -0.4 is 16.4 Å². The minimum absolute atomic E-state index is 0.399. The van der Waals surface area contributed by atoms with Gasteiger partial charge in [-0.25, -0.2) is 4.79 Å². The van der Waals surface area contributed by atoms with E-state index in [0.717, 1.165) is 0 Å². The fourth-order valence-corrected chi connectivity index (χ4v) is 1.01. The SMILES string of the molecule is CCNC(=O)NC(=O)c1ccc(N)cc1. The number of benzene rings is 1. The highest BCUT2D eigenvalue weighted by atomic mass is 16.2.